The van der Waals surface area contributed by atoms with Crippen LogP contribution in [0, 0.1) is 6.92 Å². The maximum Gasteiger partial charge on any atom is 0.339 e. The molecule has 5 rings (SSSR count). The number of aryl methyl sites for hydroxylation is 1. The van der Waals surface area contributed by atoms with Crippen LogP contribution in [0.15, 0.2) is 114 Å². The maximum absolute atomic E-state index is 14.1. The van der Waals surface area contributed by atoms with E-state index in [0.717, 1.165) is 15.9 Å². The van der Waals surface area contributed by atoms with Gasteiger partial charge in [0.2, 0.25) is 5.75 Å². The van der Waals surface area contributed by atoms with Crippen molar-refractivity contribution in [2.45, 2.75) is 37.6 Å². The van der Waals surface area contributed by atoms with Gasteiger partial charge in [-0.15, -0.1) is 0 Å². The lowest BCUT2D eigenvalue weighted by Gasteiger charge is -2.43. The summed E-state index contributed by atoms with van der Waals surface area (Å²) in [5.74, 6) is 1.89. The molecule has 0 radical (unpaired) electrons. The summed E-state index contributed by atoms with van der Waals surface area (Å²) in [7, 11) is -1.49. The van der Waals surface area contributed by atoms with Crippen LogP contribution in [-0.4, -0.2) is 45.2 Å². The molecule has 0 spiro atoms. The zero-order chi connectivity index (χ0) is 36.8. The van der Waals surface area contributed by atoms with Crippen molar-refractivity contribution in [3.05, 3.63) is 126 Å². The van der Waals surface area contributed by atoms with Crippen LogP contribution in [0.5, 0.6) is 34.5 Å². The predicted molar refractivity (Wildman–Crippen MR) is 205 cm³/mol. The minimum atomic E-state index is -4.34. The second-order valence-electron chi connectivity index (χ2n) is 12.9. The van der Waals surface area contributed by atoms with Gasteiger partial charge in [0.1, 0.15) is 4.90 Å². The molecule has 0 aliphatic rings. The fraction of sp³-hybridized carbons (Fsp3) is 0.220. The van der Waals surface area contributed by atoms with E-state index in [9.17, 15) is 8.42 Å². The molecule has 0 fully saturated rings. The first-order valence-corrected chi connectivity index (χ1v) is 19.7. The van der Waals surface area contributed by atoms with Crippen LogP contribution in [0.3, 0.4) is 0 Å². The van der Waals surface area contributed by atoms with Crippen molar-refractivity contribution in [1.29, 1.82) is 0 Å². The average molecular weight is 725 g/mol. The van der Waals surface area contributed by atoms with Crippen LogP contribution in [0.4, 0.5) is 0 Å². The standard InChI is InChI=1S/C41H44O8SSi/c1-29-19-24-32(25-20-29)50(42,43)48-38-31(22-21-30-27-36(45-6)39(47-8)37(28-30)46-7)23-26-35(44-5)40(38)49-51(41(2,3)4,33-15-11-9-12-16-33)34-17-13-10-14-18-34/h9-28H,1-8H3/b22-21-. The molecule has 0 amide bonds. The summed E-state index contributed by atoms with van der Waals surface area (Å²) in [5, 5.41) is 1.54. The fourth-order valence-corrected chi connectivity index (χ4v) is 11.5. The Kier molecular flexibility index (Phi) is 11.2. The van der Waals surface area contributed by atoms with Gasteiger partial charge in [-0.2, -0.15) is 8.42 Å². The highest BCUT2D eigenvalue weighted by Crippen LogP contribution is 2.47. The first kappa shape index (κ1) is 37.1. The number of ether oxygens (including phenoxy) is 4. The Morgan fingerprint density at radius 3 is 1.59 bits per heavy atom. The lowest BCUT2D eigenvalue weighted by Crippen LogP contribution is -2.68. The summed E-state index contributed by atoms with van der Waals surface area (Å²) in [6, 6.07) is 33.7. The number of methoxy groups -OCH3 is 4. The lowest BCUT2D eigenvalue weighted by molar-refractivity contribution is 0.324. The third kappa shape index (κ3) is 7.62. The first-order chi connectivity index (χ1) is 24.4. The van der Waals surface area contributed by atoms with Crippen LogP contribution < -0.4 is 37.9 Å². The Bertz CT molecular complexity index is 2030. The van der Waals surface area contributed by atoms with E-state index in [1.165, 1.54) is 19.2 Å². The van der Waals surface area contributed by atoms with Gasteiger partial charge in [-0.3, -0.25) is 0 Å². The van der Waals surface area contributed by atoms with E-state index in [2.05, 4.69) is 45.0 Å². The van der Waals surface area contributed by atoms with Gasteiger partial charge in [0, 0.05) is 5.56 Å². The van der Waals surface area contributed by atoms with Gasteiger partial charge in [-0.1, -0.05) is 111 Å². The molecule has 5 aromatic carbocycles. The zero-order valence-corrected chi connectivity index (χ0v) is 32.0. The highest BCUT2D eigenvalue weighted by Gasteiger charge is 2.53. The van der Waals surface area contributed by atoms with Gasteiger partial charge in [0.15, 0.2) is 28.7 Å². The molecule has 5 aromatic rings. The summed E-state index contributed by atoms with van der Waals surface area (Å²) in [6.45, 7) is 8.32. The van der Waals surface area contributed by atoms with Crippen molar-refractivity contribution < 1.29 is 36.0 Å². The van der Waals surface area contributed by atoms with Gasteiger partial charge in [0.25, 0.3) is 0 Å². The Morgan fingerprint density at radius 1 is 0.588 bits per heavy atom. The Morgan fingerprint density at radius 2 is 1.12 bits per heavy atom. The third-order valence-electron chi connectivity index (χ3n) is 8.64. The van der Waals surface area contributed by atoms with Crippen molar-refractivity contribution in [2.24, 2.45) is 0 Å². The maximum atomic E-state index is 14.1. The largest absolute Gasteiger partial charge is 0.529 e. The average Bonchev–Trinajstić information content (AvgIpc) is 3.13. The van der Waals surface area contributed by atoms with Gasteiger partial charge >= 0.3 is 18.4 Å². The van der Waals surface area contributed by atoms with E-state index in [1.807, 2.05) is 49.4 Å². The second kappa shape index (κ2) is 15.4. The molecule has 8 nitrogen and oxygen atoms in total. The van der Waals surface area contributed by atoms with Crippen LogP contribution >= 0.6 is 0 Å². The second-order valence-corrected chi connectivity index (χ2v) is 18.7. The molecule has 0 aliphatic heterocycles. The summed E-state index contributed by atoms with van der Waals surface area (Å²) >= 11 is 0. The van der Waals surface area contributed by atoms with E-state index in [4.69, 9.17) is 27.6 Å². The molecule has 0 saturated heterocycles. The van der Waals surface area contributed by atoms with Gasteiger partial charge in [-0.25, -0.2) is 0 Å². The molecule has 10 heteroatoms. The molecule has 0 bridgehead atoms. The normalized spacial score (nSPS) is 12.0. The van der Waals surface area contributed by atoms with Crippen molar-refractivity contribution in [3.63, 3.8) is 0 Å². The Balaban J connectivity index is 1.79. The van der Waals surface area contributed by atoms with E-state index in [0.29, 0.717) is 34.1 Å². The topological polar surface area (TPSA) is 89.5 Å². The smallest absolute Gasteiger partial charge is 0.339 e. The fourth-order valence-electron chi connectivity index (χ4n) is 6.08. The van der Waals surface area contributed by atoms with E-state index in [-0.39, 0.29) is 16.4 Å². The lowest BCUT2D eigenvalue weighted by atomic mass is 10.1. The minimum Gasteiger partial charge on any atom is -0.529 e. The van der Waals surface area contributed by atoms with Crippen molar-refractivity contribution in [1.82, 2.24) is 0 Å². The Hall–Kier alpha value is -5.19. The van der Waals surface area contributed by atoms with Crippen molar-refractivity contribution >= 4 is 41.0 Å². The summed E-state index contributed by atoms with van der Waals surface area (Å²) in [5.41, 5.74) is 2.07. The summed E-state index contributed by atoms with van der Waals surface area (Å²) in [6.07, 6.45) is 3.57. The molecule has 0 heterocycles. The number of benzene rings is 5. The Labute approximate surface area is 302 Å². The van der Waals surface area contributed by atoms with E-state index < -0.39 is 23.5 Å². The number of hydrogen-bond acceptors (Lipinski definition) is 8. The molecule has 0 N–H and O–H groups in total. The monoisotopic (exact) mass is 724 g/mol. The summed E-state index contributed by atoms with van der Waals surface area (Å²) in [4.78, 5) is 0.00637. The summed E-state index contributed by atoms with van der Waals surface area (Å²) < 4.78 is 64.2. The van der Waals surface area contributed by atoms with Crippen LogP contribution in [0.25, 0.3) is 12.2 Å². The highest BCUT2D eigenvalue weighted by molar-refractivity contribution is 7.87. The molecule has 0 saturated carbocycles. The van der Waals surface area contributed by atoms with Gasteiger partial charge in [-0.05, 0) is 64.3 Å². The SMILES string of the molecule is COc1cc(/C=C\c2ccc(OC)c(O[Si](c3ccccc3)(c3ccccc3)C(C)(C)C)c2OS(=O)(=O)c2ccc(C)cc2)cc(OC)c1OC. The van der Waals surface area contributed by atoms with Crippen molar-refractivity contribution in [3.8, 4) is 34.5 Å². The number of rotatable bonds is 13. The minimum absolute atomic E-state index is 0.00637. The molecule has 0 atom stereocenters. The molecule has 0 aromatic heterocycles. The van der Waals surface area contributed by atoms with E-state index in [1.54, 1.807) is 63.8 Å². The molecule has 0 unspecified atom stereocenters. The quantitative estimate of drug-likeness (QED) is 0.0688. The predicted octanol–water partition coefficient (Wildman–Crippen LogP) is 7.91. The third-order valence-corrected chi connectivity index (χ3v) is 14.8. The molecular weight excluding hydrogens is 681 g/mol. The highest BCUT2D eigenvalue weighted by atomic mass is 32.2. The van der Waals surface area contributed by atoms with Crippen LogP contribution in [0.1, 0.15) is 37.5 Å². The van der Waals surface area contributed by atoms with E-state index >= 15 is 0 Å². The van der Waals surface area contributed by atoms with Gasteiger partial charge in [0.05, 0.1) is 28.4 Å². The number of hydrogen-bond donors (Lipinski definition) is 0. The van der Waals surface area contributed by atoms with Crippen LogP contribution in [0.2, 0.25) is 5.04 Å². The van der Waals surface area contributed by atoms with Crippen LogP contribution in [-0.2, 0) is 10.1 Å². The molecule has 266 valence electrons. The molecular formula is C41H44O8SSi. The van der Waals surface area contributed by atoms with Gasteiger partial charge < -0.3 is 27.6 Å². The first-order valence-electron chi connectivity index (χ1n) is 16.4. The molecule has 0 aliphatic carbocycles. The zero-order valence-electron chi connectivity index (χ0n) is 30.2. The van der Waals surface area contributed by atoms with Crippen molar-refractivity contribution in [2.75, 3.05) is 28.4 Å². The molecule has 51 heavy (non-hydrogen) atoms.